The Morgan fingerprint density at radius 3 is 2.48 bits per heavy atom. The lowest BCUT2D eigenvalue weighted by Gasteiger charge is -2.12. The molecule has 0 atom stereocenters. The molecule has 0 spiro atoms. The van der Waals surface area contributed by atoms with Gasteiger partial charge in [-0.3, -0.25) is 0 Å². The number of aromatic nitrogens is 3. The van der Waals surface area contributed by atoms with Crippen molar-refractivity contribution in [3.63, 3.8) is 0 Å². The number of rotatable bonds is 6. The van der Waals surface area contributed by atoms with E-state index in [9.17, 15) is 0 Å². The second-order valence-corrected chi connectivity index (χ2v) is 5.23. The minimum atomic E-state index is 0.343. The van der Waals surface area contributed by atoms with Crippen molar-refractivity contribution < 1.29 is 18.6 Å². The lowest BCUT2D eigenvalue weighted by molar-refractivity contribution is 0.324. The Morgan fingerprint density at radius 2 is 1.92 bits per heavy atom. The highest BCUT2D eigenvalue weighted by Crippen LogP contribution is 2.37. The lowest BCUT2D eigenvalue weighted by atomic mass is 10.2. The summed E-state index contributed by atoms with van der Waals surface area (Å²) in [7, 11) is 4.66. The largest absolute Gasteiger partial charge is 0.493 e. The van der Waals surface area contributed by atoms with E-state index in [2.05, 4.69) is 15.3 Å². The second-order valence-electron chi connectivity index (χ2n) is 4.84. The number of nitrogens with zero attached hydrogens (tertiary/aromatic N) is 3. The molecule has 0 amide bonds. The first-order valence-corrected chi connectivity index (χ1v) is 7.64. The Balaban J connectivity index is 2.01. The monoisotopic (exact) mass is 360 g/mol. The third-order valence-corrected chi connectivity index (χ3v) is 3.67. The highest BCUT2D eigenvalue weighted by Gasteiger charge is 2.13. The Labute approximate surface area is 148 Å². The second kappa shape index (κ2) is 7.22. The van der Waals surface area contributed by atoms with E-state index in [0.29, 0.717) is 33.6 Å². The summed E-state index contributed by atoms with van der Waals surface area (Å²) in [4.78, 5) is 0. The van der Waals surface area contributed by atoms with Gasteiger partial charge in [-0.2, -0.15) is 9.78 Å². The number of hydrogen-bond donors (Lipinski definition) is 1. The van der Waals surface area contributed by atoms with Gasteiger partial charge in [0, 0.05) is 5.56 Å². The van der Waals surface area contributed by atoms with E-state index in [-0.39, 0.29) is 0 Å². The van der Waals surface area contributed by atoms with E-state index in [0.717, 1.165) is 5.56 Å². The predicted molar refractivity (Wildman–Crippen MR) is 94.2 cm³/mol. The van der Waals surface area contributed by atoms with Gasteiger partial charge in [0.2, 0.25) is 16.3 Å². The highest BCUT2D eigenvalue weighted by molar-refractivity contribution is 7.71. The quantitative estimate of drug-likeness (QED) is 0.537. The minimum absolute atomic E-state index is 0.343. The predicted octanol–water partition coefficient (Wildman–Crippen LogP) is 3.11. The van der Waals surface area contributed by atoms with E-state index in [4.69, 9.17) is 30.8 Å². The number of furan rings is 1. The van der Waals surface area contributed by atoms with Crippen molar-refractivity contribution in [1.29, 1.82) is 0 Å². The Morgan fingerprint density at radius 1 is 1.20 bits per heavy atom. The van der Waals surface area contributed by atoms with Crippen molar-refractivity contribution >= 4 is 18.4 Å². The van der Waals surface area contributed by atoms with Crippen LogP contribution in [0.25, 0.3) is 11.6 Å². The van der Waals surface area contributed by atoms with Crippen LogP contribution in [0.15, 0.2) is 40.0 Å². The summed E-state index contributed by atoms with van der Waals surface area (Å²) >= 11 is 5.22. The standard InChI is InChI=1S/C16H16N4O4S/c1-21-12-7-10(8-13(22-2)14(12)23-3)9-17-20-15(18-19-16(20)25)11-5-4-6-24-11/h4-9H,1-3H3,(H,19,25)/b17-9-. The zero-order valence-electron chi connectivity index (χ0n) is 13.8. The van der Waals surface area contributed by atoms with Gasteiger partial charge in [-0.15, -0.1) is 5.10 Å². The summed E-state index contributed by atoms with van der Waals surface area (Å²) in [6, 6.07) is 7.10. The molecule has 0 radical (unpaired) electrons. The van der Waals surface area contributed by atoms with Crippen molar-refractivity contribution in [2.45, 2.75) is 0 Å². The maximum atomic E-state index is 5.35. The fraction of sp³-hybridized carbons (Fsp3) is 0.188. The lowest BCUT2D eigenvalue weighted by Crippen LogP contribution is -1.98. The van der Waals surface area contributed by atoms with Crippen LogP contribution in [0.2, 0.25) is 0 Å². The number of hydrogen-bond acceptors (Lipinski definition) is 7. The summed E-state index contributed by atoms with van der Waals surface area (Å²) in [6.07, 6.45) is 3.17. The maximum Gasteiger partial charge on any atom is 0.219 e. The molecule has 0 fully saturated rings. The Bertz CT molecular complexity index is 918. The Kier molecular flexibility index (Phi) is 4.85. The van der Waals surface area contributed by atoms with E-state index < -0.39 is 0 Å². The number of aromatic amines is 1. The molecule has 0 aliphatic rings. The normalized spacial score (nSPS) is 11.0. The van der Waals surface area contributed by atoms with Crippen LogP contribution in [0, 0.1) is 4.77 Å². The summed E-state index contributed by atoms with van der Waals surface area (Å²) in [5, 5.41) is 11.2. The van der Waals surface area contributed by atoms with Gasteiger partial charge in [-0.05, 0) is 36.5 Å². The van der Waals surface area contributed by atoms with Crippen LogP contribution in [0.4, 0.5) is 0 Å². The number of ether oxygens (including phenoxy) is 3. The molecule has 1 N–H and O–H groups in total. The summed E-state index contributed by atoms with van der Waals surface area (Å²) in [6.45, 7) is 0. The number of nitrogens with one attached hydrogen (secondary N) is 1. The first-order valence-electron chi connectivity index (χ1n) is 7.23. The van der Waals surface area contributed by atoms with Gasteiger partial charge in [0.25, 0.3) is 0 Å². The molecule has 0 unspecified atom stereocenters. The van der Waals surface area contributed by atoms with E-state index in [1.54, 1.807) is 58.1 Å². The Hall–Kier alpha value is -3.07. The van der Waals surface area contributed by atoms with Gasteiger partial charge in [0.15, 0.2) is 17.3 Å². The number of H-pyrrole nitrogens is 1. The number of methoxy groups -OCH3 is 3. The maximum absolute atomic E-state index is 5.35. The van der Waals surface area contributed by atoms with E-state index in [1.807, 2.05) is 0 Å². The van der Waals surface area contributed by atoms with Gasteiger partial charge < -0.3 is 18.6 Å². The van der Waals surface area contributed by atoms with Crippen LogP contribution in [0.3, 0.4) is 0 Å². The molecular weight excluding hydrogens is 344 g/mol. The van der Waals surface area contributed by atoms with Crippen molar-refractivity contribution in [3.05, 3.63) is 40.9 Å². The van der Waals surface area contributed by atoms with Crippen molar-refractivity contribution in [1.82, 2.24) is 14.9 Å². The van der Waals surface area contributed by atoms with Crippen LogP contribution in [-0.2, 0) is 0 Å². The SMILES string of the molecule is COc1cc(/C=N\n2c(-c3ccco3)n[nH]c2=S)cc(OC)c1OC. The molecule has 25 heavy (non-hydrogen) atoms. The molecule has 0 aliphatic carbocycles. The topological polar surface area (TPSA) is 86.8 Å². The number of benzene rings is 1. The van der Waals surface area contributed by atoms with Gasteiger partial charge in [-0.25, -0.2) is 5.10 Å². The average Bonchev–Trinajstić information content (AvgIpc) is 3.28. The van der Waals surface area contributed by atoms with E-state index in [1.165, 1.54) is 4.68 Å². The first-order chi connectivity index (χ1) is 12.2. The molecule has 8 nitrogen and oxygen atoms in total. The molecule has 3 aromatic rings. The third-order valence-electron chi connectivity index (χ3n) is 3.40. The summed E-state index contributed by atoms with van der Waals surface area (Å²) in [5.74, 6) is 2.60. The summed E-state index contributed by atoms with van der Waals surface area (Å²) in [5.41, 5.74) is 0.739. The van der Waals surface area contributed by atoms with Crippen LogP contribution in [0.1, 0.15) is 5.56 Å². The molecule has 3 rings (SSSR count). The molecule has 130 valence electrons. The van der Waals surface area contributed by atoms with Crippen LogP contribution in [0.5, 0.6) is 17.2 Å². The van der Waals surface area contributed by atoms with Gasteiger partial charge in [-0.1, -0.05) is 0 Å². The molecule has 1 aromatic carbocycles. The summed E-state index contributed by atoms with van der Waals surface area (Å²) < 4.78 is 23.1. The first kappa shape index (κ1) is 16.8. The molecule has 9 heteroatoms. The van der Waals surface area contributed by atoms with Crippen molar-refractivity contribution in [2.75, 3.05) is 21.3 Å². The van der Waals surface area contributed by atoms with Crippen molar-refractivity contribution in [2.24, 2.45) is 5.10 Å². The average molecular weight is 360 g/mol. The third kappa shape index (κ3) is 3.26. The van der Waals surface area contributed by atoms with Crippen LogP contribution >= 0.6 is 12.2 Å². The molecule has 0 saturated carbocycles. The molecular formula is C16H16N4O4S. The fourth-order valence-corrected chi connectivity index (χ4v) is 2.44. The molecule has 0 saturated heterocycles. The zero-order chi connectivity index (χ0) is 17.8. The smallest absolute Gasteiger partial charge is 0.219 e. The van der Waals surface area contributed by atoms with Gasteiger partial charge in [0.05, 0.1) is 33.8 Å². The van der Waals surface area contributed by atoms with Gasteiger partial charge >= 0.3 is 0 Å². The molecule has 0 aliphatic heterocycles. The van der Waals surface area contributed by atoms with Crippen LogP contribution in [-0.4, -0.2) is 42.4 Å². The zero-order valence-corrected chi connectivity index (χ0v) is 14.7. The molecule has 2 aromatic heterocycles. The van der Waals surface area contributed by atoms with Crippen LogP contribution < -0.4 is 14.2 Å². The highest BCUT2D eigenvalue weighted by atomic mass is 32.1. The molecule has 0 bridgehead atoms. The van der Waals surface area contributed by atoms with Gasteiger partial charge in [0.1, 0.15) is 0 Å². The minimum Gasteiger partial charge on any atom is -0.493 e. The fourth-order valence-electron chi connectivity index (χ4n) is 2.26. The molecule has 2 heterocycles. The van der Waals surface area contributed by atoms with E-state index >= 15 is 0 Å². The van der Waals surface area contributed by atoms with Crippen molar-refractivity contribution in [3.8, 4) is 28.8 Å².